The largest absolute Gasteiger partial charge is 0.369 e. The van der Waals surface area contributed by atoms with E-state index < -0.39 is 0 Å². The second-order valence-corrected chi connectivity index (χ2v) is 7.25. The van der Waals surface area contributed by atoms with E-state index in [1.165, 1.54) is 11.1 Å². The first-order valence-electron chi connectivity index (χ1n) is 9.87. The Labute approximate surface area is 164 Å². The zero-order valence-electron chi connectivity index (χ0n) is 16.2. The van der Waals surface area contributed by atoms with Gasteiger partial charge in [0.2, 0.25) is 5.95 Å². The van der Waals surface area contributed by atoms with Gasteiger partial charge in [0.05, 0.1) is 12.1 Å². The number of pyridine rings is 1. The maximum atomic E-state index is 13.2. The molecule has 0 aliphatic carbocycles. The molecular formula is C21H26N6O. The van der Waals surface area contributed by atoms with Gasteiger partial charge >= 0.3 is 0 Å². The lowest BCUT2D eigenvalue weighted by Crippen LogP contribution is -2.25. The summed E-state index contributed by atoms with van der Waals surface area (Å²) in [6.07, 6.45) is 4.89. The molecule has 0 amide bonds. The van der Waals surface area contributed by atoms with Crippen LogP contribution in [0.15, 0.2) is 35.3 Å². The summed E-state index contributed by atoms with van der Waals surface area (Å²) in [5.74, 6) is 0.691. The van der Waals surface area contributed by atoms with E-state index in [4.69, 9.17) is 5.73 Å². The zero-order valence-corrected chi connectivity index (χ0v) is 16.2. The molecular weight excluding hydrogens is 352 g/mol. The fraction of sp³-hybridized carbons (Fsp3) is 0.381. The van der Waals surface area contributed by atoms with E-state index in [9.17, 15) is 4.79 Å². The van der Waals surface area contributed by atoms with Crippen LogP contribution in [-0.2, 0) is 19.5 Å². The standard InChI is InChI=1S/C21H26N6O/c1-2-3-8-24-19-18-17(25-21(22)26-19)7-10-27(20(18)28)13-14-4-5-15-6-9-23-12-16(15)11-14/h4-5,7,10-11,23H,2-3,6,8-9,12-13H2,1H3,(H3,22,24,25,26). The van der Waals surface area contributed by atoms with Gasteiger partial charge in [-0.25, -0.2) is 4.98 Å². The summed E-state index contributed by atoms with van der Waals surface area (Å²) in [5, 5.41) is 7.14. The summed E-state index contributed by atoms with van der Waals surface area (Å²) in [6.45, 7) is 5.28. The molecule has 7 nitrogen and oxygen atoms in total. The van der Waals surface area contributed by atoms with Gasteiger partial charge < -0.3 is 20.9 Å². The van der Waals surface area contributed by atoms with E-state index in [-0.39, 0.29) is 11.5 Å². The molecule has 1 aliphatic heterocycles. The topological polar surface area (TPSA) is 97.9 Å². The number of nitrogens with one attached hydrogen (secondary N) is 2. The van der Waals surface area contributed by atoms with Crippen LogP contribution in [0.3, 0.4) is 0 Å². The van der Waals surface area contributed by atoms with Crippen LogP contribution in [0.1, 0.15) is 36.5 Å². The minimum Gasteiger partial charge on any atom is -0.369 e. The summed E-state index contributed by atoms with van der Waals surface area (Å²) in [6, 6.07) is 8.32. The fourth-order valence-corrected chi connectivity index (χ4v) is 3.66. The Kier molecular flexibility index (Phi) is 5.25. The van der Waals surface area contributed by atoms with Gasteiger partial charge in [-0.3, -0.25) is 4.79 Å². The monoisotopic (exact) mass is 378 g/mol. The van der Waals surface area contributed by atoms with Gasteiger partial charge in [-0.2, -0.15) is 4.98 Å². The fourth-order valence-electron chi connectivity index (χ4n) is 3.66. The van der Waals surface area contributed by atoms with Crippen LogP contribution in [0.25, 0.3) is 10.9 Å². The Hall–Kier alpha value is -2.93. The van der Waals surface area contributed by atoms with Crippen molar-refractivity contribution < 1.29 is 0 Å². The third kappa shape index (κ3) is 3.71. The van der Waals surface area contributed by atoms with Crippen LogP contribution in [0.4, 0.5) is 11.8 Å². The first kappa shape index (κ1) is 18.4. The molecule has 7 heteroatoms. The van der Waals surface area contributed by atoms with E-state index in [0.29, 0.717) is 23.3 Å². The van der Waals surface area contributed by atoms with Gasteiger partial charge in [-0.05, 0) is 42.1 Å². The number of anilines is 2. The minimum atomic E-state index is -0.104. The molecule has 2 aromatic heterocycles. The molecule has 0 bridgehead atoms. The highest BCUT2D eigenvalue weighted by Gasteiger charge is 2.13. The molecule has 0 unspecified atom stereocenters. The summed E-state index contributed by atoms with van der Waals surface area (Å²) in [7, 11) is 0. The molecule has 0 radical (unpaired) electrons. The Bertz CT molecular complexity index is 1060. The highest BCUT2D eigenvalue weighted by atomic mass is 16.1. The summed E-state index contributed by atoms with van der Waals surface area (Å²) >= 11 is 0. The van der Waals surface area contributed by atoms with Crippen molar-refractivity contribution in [3.63, 3.8) is 0 Å². The lowest BCUT2D eigenvalue weighted by Gasteiger charge is -2.18. The van der Waals surface area contributed by atoms with Gasteiger partial charge in [-0.15, -0.1) is 0 Å². The Morgan fingerprint density at radius 1 is 1.25 bits per heavy atom. The number of aromatic nitrogens is 3. The molecule has 1 aromatic carbocycles. The molecule has 0 spiro atoms. The lowest BCUT2D eigenvalue weighted by molar-refractivity contribution is 0.641. The molecule has 0 fully saturated rings. The highest BCUT2D eigenvalue weighted by Crippen LogP contribution is 2.19. The van der Waals surface area contributed by atoms with Crippen molar-refractivity contribution in [2.75, 3.05) is 24.1 Å². The number of hydrogen-bond donors (Lipinski definition) is 3. The van der Waals surface area contributed by atoms with E-state index in [2.05, 4.69) is 45.7 Å². The number of rotatable bonds is 6. The molecule has 4 rings (SSSR count). The number of hydrogen-bond acceptors (Lipinski definition) is 6. The number of fused-ring (bicyclic) bond motifs is 2. The predicted molar refractivity (Wildman–Crippen MR) is 113 cm³/mol. The maximum Gasteiger partial charge on any atom is 0.264 e. The van der Waals surface area contributed by atoms with Crippen molar-refractivity contribution in [3.05, 3.63) is 57.5 Å². The van der Waals surface area contributed by atoms with Crippen LogP contribution in [-0.4, -0.2) is 27.6 Å². The van der Waals surface area contributed by atoms with E-state index >= 15 is 0 Å². The van der Waals surface area contributed by atoms with E-state index in [0.717, 1.165) is 44.5 Å². The molecule has 28 heavy (non-hydrogen) atoms. The second-order valence-electron chi connectivity index (χ2n) is 7.25. The number of unbranched alkanes of at least 4 members (excludes halogenated alkanes) is 1. The van der Waals surface area contributed by atoms with Crippen molar-refractivity contribution in [2.45, 2.75) is 39.3 Å². The van der Waals surface area contributed by atoms with Gasteiger partial charge in [0.15, 0.2) is 0 Å². The molecule has 1 aliphatic rings. The van der Waals surface area contributed by atoms with Crippen LogP contribution in [0.2, 0.25) is 0 Å². The zero-order chi connectivity index (χ0) is 19.5. The third-order valence-corrected chi connectivity index (χ3v) is 5.17. The smallest absolute Gasteiger partial charge is 0.264 e. The van der Waals surface area contributed by atoms with Gasteiger partial charge in [-0.1, -0.05) is 31.5 Å². The van der Waals surface area contributed by atoms with Crippen molar-refractivity contribution in [1.82, 2.24) is 19.9 Å². The van der Waals surface area contributed by atoms with Crippen molar-refractivity contribution in [3.8, 4) is 0 Å². The molecule has 0 atom stereocenters. The second kappa shape index (κ2) is 7.98. The number of nitrogens with two attached hydrogens (primary N) is 1. The highest BCUT2D eigenvalue weighted by molar-refractivity contribution is 5.89. The lowest BCUT2D eigenvalue weighted by atomic mass is 9.98. The van der Waals surface area contributed by atoms with Crippen LogP contribution >= 0.6 is 0 Å². The Morgan fingerprint density at radius 2 is 2.14 bits per heavy atom. The SMILES string of the molecule is CCCCNc1nc(N)nc2ccn(Cc3ccc4c(c3)CNCC4)c(=O)c12. The summed E-state index contributed by atoms with van der Waals surface area (Å²) in [4.78, 5) is 21.7. The summed E-state index contributed by atoms with van der Waals surface area (Å²) < 4.78 is 1.71. The van der Waals surface area contributed by atoms with E-state index in [1.54, 1.807) is 10.8 Å². The van der Waals surface area contributed by atoms with Crippen molar-refractivity contribution in [2.24, 2.45) is 0 Å². The van der Waals surface area contributed by atoms with Crippen LogP contribution < -0.4 is 21.9 Å². The number of nitrogens with zero attached hydrogens (tertiary/aromatic N) is 3. The van der Waals surface area contributed by atoms with Gasteiger partial charge in [0, 0.05) is 19.3 Å². The summed E-state index contributed by atoms with van der Waals surface area (Å²) in [5.41, 5.74) is 10.1. The van der Waals surface area contributed by atoms with Crippen molar-refractivity contribution >= 4 is 22.7 Å². The molecule has 3 aromatic rings. The van der Waals surface area contributed by atoms with Crippen LogP contribution in [0, 0.1) is 0 Å². The first-order chi connectivity index (χ1) is 13.7. The van der Waals surface area contributed by atoms with Gasteiger partial charge in [0.1, 0.15) is 11.2 Å². The normalized spacial score (nSPS) is 13.5. The molecule has 0 saturated carbocycles. The van der Waals surface area contributed by atoms with Gasteiger partial charge in [0.25, 0.3) is 5.56 Å². The van der Waals surface area contributed by atoms with Crippen molar-refractivity contribution in [1.29, 1.82) is 0 Å². The Balaban J connectivity index is 1.70. The maximum absolute atomic E-state index is 13.2. The Morgan fingerprint density at radius 3 is 3.00 bits per heavy atom. The number of nitrogen functional groups attached to an aromatic ring is 1. The van der Waals surface area contributed by atoms with Crippen LogP contribution in [0.5, 0.6) is 0 Å². The predicted octanol–water partition coefficient (Wildman–Crippen LogP) is 2.28. The quantitative estimate of drug-likeness (QED) is 0.569. The average Bonchev–Trinajstić information content (AvgIpc) is 2.70. The van der Waals surface area contributed by atoms with E-state index in [1.807, 2.05) is 6.07 Å². The molecule has 0 saturated heterocycles. The first-order valence-corrected chi connectivity index (χ1v) is 9.87. The minimum absolute atomic E-state index is 0.104. The average molecular weight is 378 g/mol. The molecule has 4 N–H and O–H groups in total. The molecule has 3 heterocycles. The number of benzene rings is 1. The molecule has 146 valence electrons. The third-order valence-electron chi connectivity index (χ3n) is 5.17.